The summed E-state index contributed by atoms with van der Waals surface area (Å²) in [6, 6.07) is 9.27. The Kier molecular flexibility index (Phi) is 6.96. The summed E-state index contributed by atoms with van der Waals surface area (Å²) in [5.74, 6) is -1.39. The van der Waals surface area contributed by atoms with Crippen LogP contribution in [0.3, 0.4) is 0 Å². The molecule has 4 aliphatic rings. The maximum absolute atomic E-state index is 12.3. The quantitative estimate of drug-likeness (QED) is 0.171. The zero-order valence-electron chi connectivity index (χ0n) is 18.8. The van der Waals surface area contributed by atoms with Gasteiger partial charge in [0.05, 0.1) is 25.2 Å². The zero-order chi connectivity index (χ0) is 24.7. The van der Waals surface area contributed by atoms with E-state index in [1.807, 2.05) is 30.3 Å². The second-order valence-electron chi connectivity index (χ2n) is 9.39. The van der Waals surface area contributed by atoms with Crippen molar-refractivity contribution in [2.24, 2.45) is 11.8 Å². The molecular weight excluding hydrogens is 464 g/mol. The highest BCUT2D eigenvalue weighted by Gasteiger charge is 2.76. The van der Waals surface area contributed by atoms with Crippen molar-refractivity contribution >= 4 is 12.0 Å². The van der Waals surface area contributed by atoms with Crippen LogP contribution in [-0.2, 0) is 28.5 Å². The van der Waals surface area contributed by atoms with E-state index in [1.165, 1.54) is 6.08 Å². The number of rotatable bonds is 7. The van der Waals surface area contributed by atoms with E-state index in [9.17, 15) is 30.3 Å². The maximum atomic E-state index is 12.3. The predicted octanol–water partition coefficient (Wildman–Crippen LogP) is -1.45. The Morgan fingerprint density at radius 1 is 1.06 bits per heavy atom. The molecule has 1 saturated carbocycles. The third-order valence-corrected chi connectivity index (χ3v) is 7.34. The van der Waals surface area contributed by atoms with Gasteiger partial charge < -0.3 is 49.2 Å². The van der Waals surface area contributed by atoms with Crippen molar-refractivity contribution in [3.8, 4) is 0 Å². The molecule has 11 unspecified atom stereocenters. The SMILES string of the molecule is O=C(C=Cc1ccccc1)OCC12OC1C(O)C1CCOC(OC3OC(CO)C(O)C(O)C3O)C12. The standard InChI is InChI=1S/C24H30O11/c25-10-14-18(28)19(29)20(30)23(33-14)34-22-16-13(8-9-31-22)17(27)21-24(16,35-21)11-32-15(26)7-6-12-4-2-1-3-5-12/h1-7,13-14,16-23,25,27-30H,8-11H2. The van der Waals surface area contributed by atoms with Crippen LogP contribution >= 0.6 is 0 Å². The summed E-state index contributed by atoms with van der Waals surface area (Å²) in [7, 11) is 0. The molecule has 3 saturated heterocycles. The Labute approximate surface area is 201 Å². The van der Waals surface area contributed by atoms with Gasteiger partial charge >= 0.3 is 5.97 Å². The van der Waals surface area contributed by atoms with Gasteiger partial charge in [-0.05, 0) is 18.1 Å². The van der Waals surface area contributed by atoms with Gasteiger partial charge in [-0.25, -0.2) is 4.79 Å². The van der Waals surface area contributed by atoms with Crippen molar-refractivity contribution in [1.29, 1.82) is 0 Å². The van der Waals surface area contributed by atoms with Gasteiger partial charge in [-0.1, -0.05) is 30.3 Å². The number of esters is 1. The van der Waals surface area contributed by atoms with E-state index in [0.717, 1.165) is 5.56 Å². The lowest BCUT2D eigenvalue weighted by Crippen LogP contribution is -2.61. The van der Waals surface area contributed by atoms with E-state index in [2.05, 4.69) is 0 Å². The van der Waals surface area contributed by atoms with Crippen LogP contribution in [0.4, 0.5) is 0 Å². The van der Waals surface area contributed by atoms with Crippen molar-refractivity contribution in [2.45, 2.75) is 61.2 Å². The summed E-state index contributed by atoms with van der Waals surface area (Å²) in [5, 5.41) is 50.6. The van der Waals surface area contributed by atoms with E-state index in [-0.39, 0.29) is 19.1 Å². The van der Waals surface area contributed by atoms with Crippen LogP contribution in [0, 0.1) is 11.8 Å². The number of aliphatic hydroxyl groups is 5. The molecule has 0 radical (unpaired) electrons. The molecule has 0 bridgehead atoms. The van der Waals surface area contributed by atoms with Crippen LogP contribution in [0.15, 0.2) is 36.4 Å². The molecule has 1 aromatic carbocycles. The summed E-state index contributed by atoms with van der Waals surface area (Å²) in [4.78, 5) is 12.3. The molecule has 192 valence electrons. The molecule has 11 heteroatoms. The lowest BCUT2D eigenvalue weighted by atomic mass is 9.83. The first kappa shape index (κ1) is 24.8. The van der Waals surface area contributed by atoms with Crippen molar-refractivity contribution in [2.75, 3.05) is 19.8 Å². The van der Waals surface area contributed by atoms with Crippen molar-refractivity contribution < 1.29 is 54.0 Å². The normalized spacial score (nSPS) is 44.6. The number of benzene rings is 1. The first-order valence-corrected chi connectivity index (χ1v) is 11.7. The summed E-state index contributed by atoms with van der Waals surface area (Å²) >= 11 is 0. The molecule has 3 aliphatic heterocycles. The topological polar surface area (TPSA) is 168 Å². The van der Waals surface area contributed by atoms with Gasteiger partial charge in [-0.3, -0.25) is 0 Å². The van der Waals surface area contributed by atoms with Gasteiger partial charge in [0.15, 0.2) is 12.6 Å². The molecule has 0 aromatic heterocycles. The molecule has 5 N–H and O–H groups in total. The number of aliphatic hydroxyl groups excluding tert-OH is 5. The van der Waals surface area contributed by atoms with Gasteiger partial charge in [0, 0.05) is 12.0 Å². The second kappa shape index (κ2) is 9.85. The van der Waals surface area contributed by atoms with E-state index in [1.54, 1.807) is 6.08 Å². The van der Waals surface area contributed by atoms with Crippen molar-refractivity contribution in [1.82, 2.24) is 0 Å². The summed E-state index contributed by atoms with van der Waals surface area (Å²) < 4.78 is 28.4. The fourth-order valence-corrected chi connectivity index (χ4v) is 5.44. The number of hydrogen-bond donors (Lipinski definition) is 5. The minimum Gasteiger partial charge on any atom is -0.459 e. The average Bonchev–Trinajstić information content (AvgIpc) is 3.56. The summed E-state index contributed by atoms with van der Waals surface area (Å²) in [5.41, 5.74) is -0.187. The maximum Gasteiger partial charge on any atom is 0.330 e. The van der Waals surface area contributed by atoms with Crippen LogP contribution in [0.5, 0.6) is 0 Å². The Hall–Kier alpha value is -1.93. The van der Waals surface area contributed by atoms with Gasteiger partial charge in [-0.2, -0.15) is 0 Å². The number of fused-ring (bicyclic) bond motifs is 3. The van der Waals surface area contributed by atoms with E-state index in [0.29, 0.717) is 6.42 Å². The lowest BCUT2D eigenvalue weighted by molar-refractivity contribution is -0.356. The Morgan fingerprint density at radius 3 is 2.57 bits per heavy atom. The molecule has 1 aromatic rings. The summed E-state index contributed by atoms with van der Waals surface area (Å²) in [6.45, 7) is -0.461. The minimum absolute atomic E-state index is 0.133. The van der Waals surface area contributed by atoms with Crippen LogP contribution in [0.25, 0.3) is 6.08 Å². The fraction of sp³-hybridized carbons (Fsp3) is 0.625. The molecule has 11 atom stereocenters. The van der Waals surface area contributed by atoms with Crippen molar-refractivity contribution in [3.05, 3.63) is 42.0 Å². The van der Waals surface area contributed by atoms with Gasteiger partial charge in [0.25, 0.3) is 0 Å². The number of carbonyl (C=O) groups is 1. The van der Waals surface area contributed by atoms with Gasteiger partial charge in [-0.15, -0.1) is 0 Å². The highest BCUT2D eigenvalue weighted by atomic mass is 16.8. The predicted molar refractivity (Wildman–Crippen MR) is 116 cm³/mol. The van der Waals surface area contributed by atoms with E-state index in [4.69, 9.17) is 23.7 Å². The first-order chi connectivity index (χ1) is 16.9. The Balaban J connectivity index is 1.27. The molecule has 5 rings (SSSR count). The van der Waals surface area contributed by atoms with Crippen molar-refractivity contribution in [3.63, 3.8) is 0 Å². The van der Waals surface area contributed by atoms with E-state index >= 15 is 0 Å². The highest BCUT2D eigenvalue weighted by Crippen LogP contribution is 2.60. The second-order valence-corrected chi connectivity index (χ2v) is 9.39. The minimum atomic E-state index is -1.60. The van der Waals surface area contributed by atoms with Gasteiger partial charge in [0.2, 0.25) is 0 Å². The highest BCUT2D eigenvalue weighted by molar-refractivity contribution is 5.87. The van der Waals surface area contributed by atoms with Crippen LogP contribution < -0.4 is 0 Å². The smallest absolute Gasteiger partial charge is 0.330 e. The number of hydrogen-bond acceptors (Lipinski definition) is 11. The first-order valence-electron chi connectivity index (χ1n) is 11.7. The monoisotopic (exact) mass is 494 g/mol. The largest absolute Gasteiger partial charge is 0.459 e. The fourth-order valence-electron chi connectivity index (χ4n) is 5.44. The number of epoxide rings is 1. The molecule has 11 nitrogen and oxygen atoms in total. The molecule has 35 heavy (non-hydrogen) atoms. The third-order valence-electron chi connectivity index (χ3n) is 7.34. The third kappa shape index (κ3) is 4.52. The van der Waals surface area contributed by atoms with Crippen LogP contribution in [-0.4, -0.2) is 106 Å². The number of carbonyl (C=O) groups excluding carboxylic acids is 1. The Bertz CT molecular complexity index is 923. The van der Waals surface area contributed by atoms with E-state index < -0.39 is 73.3 Å². The molecule has 0 spiro atoms. The molecule has 4 fully saturated rings. The van der Waals surface area contributed by atoms with Crippen LogP contribution in [0.1, 0.15) is 12.0 Å². The van der Waals surface area contributed by atoms with Gasteiger partial charge in [0.1, 0.15) is 42.7 Å². The zero-order valence-corrected chi connectivity index (χ0v) is 18.8. The average molecular weight is 494 g/mol. The molecule has 3 heterocycles. The van der Waals surface area contributed by atoms with Crippen LogP contribution in [0.2, 0.25) is 0 Å². The summed E-state index contributed by atoms with van der Waals surface area (Å²) in [6.07, 6.45) is -6.19. The Morgan fingerprint density at radius 2 is 1.83 bits per heavy atom. The molecule has 1 aliphatic carbocycles. The molecule has 0 amide bonds. The lowest BCUT2D eigenvalue weighted by Gasteiger charge is -2.44. The number of ether oxygens (including phenoxy) is 5. The molecular formula is C24H30O11.